The van der Waals surface area contributed by atoms with Gasteiger partial charge >= 0.3 is 6.03 Å². The molecule has 22 heavy (non-hydrogen) atoms. The Morgan fingerprint density at radius 2 is 2.09 bits per heavy atom. The summed E-state index contributed by atoms with van der Waals surface area (Å²) in [6.45, 7) is 6.74. The highest BCUT2D eigenvalue weighted by molar-refractivity contribution is 6.06. The highest BCUT2D eigenvalue weighted by atomic mass is 16.2. The van der Waals surface area contributed by atoms with Crippen LogP contribution in [0.2, 0.25) is 0 Å². The van der Waals surface area contributed by atoms with Crippen LogP contribution in [-0.2, 0) is 11.3 Å². The van der Waals surface area contributed by atoms with Gasteiger partial charge in [0.05, 0.1) is 0 Å². The van der Waals surface area contributed by atoms with Crippen LogP contribution in [0.4, 0.5) is 4.79 Å². The molecule has 5 nitrogen and oxygen atoms in total. The molecule has 0 unspecified atom stereocenters. The van der Waals surface area contributed by atoms with Gasteiger partial charge in [-0.1, -0.05) is 24.3 Å². The van der Waals surface area contributed by atoms with E-state index < -0.39 is 5.54 Å². The van der Waals surface area contributed by atoms with Gasteiger partial charge in [0.2, 0.25) is 0 Å². The first-order chi connectivity index (χ1) is 10.5. The van der Waals surface area contributed by atoms with Crippen LogP contribution in [0, 0.1) is 12.8 Å². The van der Waals surface area contributed by atoms with Crippen LogP contribution in [0.3, 0.4) is 0 Å². The minimum Gasteiger partial charge on any atom is -0.323 e. The molecule has 2 aliphatic heterocycles. The molecule has 2 aliphatic rings. The molecular weight excluding hydrogens is 278 g/mol. The van der Waals surface area contributed by atoms with Crippen molar-refractivity contribution in [1.29, 1.82) is 0 Å². The van der Waals surface area contributed by atoms with Gasteiger partial charge < -0.3 is 5.32 Å². The molecule has 0 radical (unpaired) electrons. The third-order valence-electron chi connectivity index (χ3n) is 5.05. The zero-order valence-electron chi connectivity index (χ0n) is 13.2. The number of hydrogen-bond donors (Lipinski definition) is 2. The molecule has 3 amide bonds. The topological polar surface area (TPSA) is 61.4 Å². The Morgan fingerprint density at radius 1 is 1.32 bits per heavy atom. The van der Waals surface area contributed by atoms with Crippen LogP contribution in [0.25, 0.3) is 0 Å². The Morgan fingerprint density at radius 3 is 2.77 bits per heavy atom. The number of likely N-dealkylation sites (tertiary alicyclic amines) is 1. The van der Waals surface area contributed by atoms with E-state index in [9.17, 15) is 9.59 Å². The number of nitrogens with one attached hydrogen (secondary N) is 2. The standard InChI is InChI=1S/C17H23N3O2/c1-12-6-3-4-7-13(12)10-20-9-5-8-14(11-20)17(2)15(21)18-16(22)19-17/h3-4,6-7,14H,5,8-11H2,1-2H3,(H2,18,19,21,22)/t14-,17-/m1/s1. The molecule has 2 fully saturated rings. The molecular formula is C17H23N3O2. The van der Waals surface area contributed by atoms with E-state index in [1.54, 1.807) is 0 Å². The normalized spacial score (nSPS) is 29.3. The first kappa shape index (κ1) is 15.0. The number of hydrogen-bond acceptors (Lipinski definition) is 3. The van der Waals surface area contributed by atoms with Crippen molar-refractivity contribution in [2.45, 2.75) is 38.8 Å². The maximum absolute atomic E-state index is 12.1. The zero-order chi connectivity index (χ0) is 15.7. The van der Waals surface area contributed by atoms with E-state index in [4.69, 9.17) is 0 Å². The molecule has 2 atom stereocenters. The molecule has 1 aromatic rings. The number of urea groups is 1. The minimum atomic E-state index is -0.776. The molecule has 5 heteroatoms. The van der Waals surface area contributed by atoms with Gasteiger partial charge in [0.1, 0.15) is 5.54 Å². The Bertz CT molecular complexity index is 601. The highest BCUT2D eigenvalue weighted by Crippen LogP contribution is 2.30. The SMILES string of the molecule is Cc1ccccc1CN1CCC[C@@H]([C@@]2(C)NC(=O)NC2=O)C1. The lowest BCUT2D eigenvalue weighted by Crippen LogP contribution is -2.55. The van der Waals surface area contributed by atoms with Crippen molar-refractivity contribution < 1.29 is 9.59 Å². The fourth-order valence-corrected chi connectivity index (χ4v) is 3.54. The number of carbonyl (C=O) groups is 2. The summed E-state index contributed by atoms with van der Waals surface area (Å²) in [6.07, 6.45) is 2.02. The van der Waals surface area contributed by atoms with Crippen molar-refractivity contribution in [3.8, 4) is 0 Å². The lowest BCUT2D eigenvalue weighted by molar-refractivity contribution is -0.126. The van der Waals surface area contributed by atoms with E-state index in [1.807, 2.05) is 6.92 Å². The average molecular weight is 301 g/mol. The van der Waals surface area contributed by atoms with Crippen LogP contribution in [0.15, 0.2) is 24.3 Å². The van der Waals surface area contributed by atoms with Gasteiger partial charge in [-0.15, -0.1) is 0 Å². The van der Waals surface area contributed by atoms with Crippen LogP contribution in [0.1, 0.15) is 30.9 Å². The van der Waals surface area contributed by atoms with Gasteiger partial charge in [-0.3, -0.25) is 15.0 Å². The number of imide groups is 1. The third kappa shape index (κ3) is 2.73. The fourth-order valence-electron chi connectivity index (χ4n) is 3.54. The van der Waals surface area contributed by atoms with Gasteiger partial charge in [0.25, 0.3) is 5.91 Å². The van der Waals surface area contributed by atoms with E-state index in [0.717, 1.165) is 32.5 Å². The van der Waals surface area contributed by atoms with Crippen LogP contribution >= 0.6 is 0 Å². The number of carbonyl (C=O) groups excluding carboxylic acids is 2. The predicted octanol–water partition coefficient (Wildman–Crippen LogP) is 1.81. The largest absolute Gasteiger partial charge is 0.323 e. The summed E-state index contributed by atoms with van der Waals surface area (Å²) in [5, 5.41) is 5.19. The molecule has 0 saturated carbocycles. The molecule has 0 aliphatic carbocycles. The molecule has 3 rings (SSSR count). The van der Waals surface area contributed by atoms with Crippen molar-refractivity contribution in [2.75, 3.05) is 13.1 Å². The van der Waals surface area contributed by atoms with E-state index in [2.05, 4.69) is 46.7 Å². The van der Waals surface area contributed by atoms with Crippen molar-refractivity contribution in [2.24, 2.45) is 5.92 Å². The summed E-state index contributed by atoms with van der Waals surface area (Å²) in [7, 11) is 0. The Labute approximate surface area is 131 Å². The monoisotopic (exact) mass is 301 g/mol. The quantitative estimate of drug-likeness (QED) is 0.837. The van der Waals surface area contributed by atoms with Crippen LogP contribution < -0.4 is 10.6 Å². The van der Waals surface area contributed by atoms with Crippen LogP contribution in [0.5, 0.6) is 0 Å². The lowest BCUT2D eigenvalue weighted by Gasteiger charge is -2.39. The van der Waals surface area contributed by atoms with E-state index in [-0.39, 0.29) is 17.9 Å². The summed E-state index contributed by atoms with van der Waals surface area (Å²) >= 11 is 0. The summed E-state index contributed by atoms with van der Waals surface area (Å²) in [6, 6.07) is 8.03. The van der Waals surface area contributed by atoms with Gasteiger partial charge in [0.15, 0.2) is 0 Å². The second-order valence-corrected chi connectivity index (χ2v) is 6.61. The molecule has 2 heterocycles. The van der Waals surface area contributed by atoms with Gasteiger partial charge in [-0.25, -0.2) is 4.79 Å². The predicted molar refractivity (Wildman–Crippen MR) is 84.3 cm³/mol. The van der Waals surface area contributed by atoms with Crippen LogP contribution in [-0.4, -0.2) is 35.5 Å². The van der Waals surface area contributed by atoms with Gasteiger partial charge in [-0.05, 0) is 44.4 Å². The van der Waals surface area contributed by atoms with Crippen molar-refractivity contribution in [1.82, 2.24) is 15.5 Å². The molecule has 0 spiro atoms. The minimum absolute atomic E-state index is 0.150. The number of piperidine rings is 1. The summed E-state index contributed by atoms with van der Waals surface area (Å²) in [5.74, 6) is -0.0445. The Balaban J connectivity index is 1.71. The smallest absolute Gasteiger partial charge is 0.322 e. The molecule has 0 bridgehead atoms. The van der Waals surface area contributed by atoms with Gasteiger partial charge in [0, 0.05) is 19.0 Å². The number of benzene rings is 1. The maximum atomic E-state index is 12.1. The number of rotatable bonds is 3. The highest BCUT2D eigenvalue weighted by Gasteiger charge is 2.48. The van der Waals surface area contributed by atoms with Crippen molar-refractivity contribution >= 4 is 11.9 Å². The summed E-state index contributed by atoms with van der Waals surface area (Å²) < 4.78 is 0. The molecule has 2 N–H and O–H groups in total. The van der Waals surface area contributed by atoms with Gasteiger partial charge in [-0.2, -0.15) is 0 Å². The fraction of sp³-hybridized carbons (Fsp3) is 0.529. The van der Waals surface area contributed by atoms with Crippen molar-refractivity contribution in [3.05, 3.63) is 35.4 Å². The first-order valence-corrected chi connectivity index (χ1v) is 7.89. The lowest BCUT2D eigenvalue weighted by atomic mass is 9.80. The second kappa shape index (κ2) is 5.72. The molecule has 118 valence electrons. The molecule has 2 saturated heterocycles. The Kier molecular flexibility index (Phi) is 3.91. The van der Waals surface area contributed by atoms with E-state index in [1.165, 1.54) is 11.1 Å². The van der Waals surface area contributed by atoms with E-state index >= 15 is 0 Å². The third-order valence-corrected chi connectivity index (χ3v) is 5.05. The van der Waals surface area contributed by atoms with E-state index in [0.29, 0.717) is 0 Å². The maximum Gasteiger partial charge on any atom is 0.322 e. The number of amides is 3. The van der Waals surface area contributed by atoms with Crippen molar-refractivity contribution in [3.63, 3.8) is 0 Å². The molecule has 1 aromatic carbocycles. The second-order valence-electron chi connectivity index (χ2n) is 6.61. The number of aryl methyl sites for hydroxylation is 1. The number of nitrogens with zero attached hydrogens (tertiary/aromatic N) is 1. The summed E-state index contributed by atoms with van der Waals surface area (Å²) in [4.78, 5) is 26.0. The first-order valence-electron chi connectivity index (χ1n) is 7.89. The summed E-state index contributed by atoms with van der Waals surface area (Å²) in [5.41, 5.74) is 1.84. The zero-order valence-corrected chi connectivity index (χ0v) is 13.2. The Hall–Kier alpha value is -1.88. The molecule has 0 aromatic heterocycles. The average Bonchev–Trinajstić information content (AvgIpc) is 2.76.